The summed E-state index contributed by atoms with van der Waals surface area (Å²) in [6, 6.07) is 5.83. The summed E-state index contributed by atoms with van der Waals surface area (Å²) in [6.45, 7) is 0. The summed E-state index contributed by atoms with van der Waals surface area (Å²) in [5, 5.41) is 8.27. The van der Waals surface area contributed by atoms with Gasteiger partial charge >= 0.3 is 0 Å². The molecule has 2 aromatic heterocycles. The Hall–Kier alpha value is -1.90. The van der Waals surface area contributed by atoms with Crippen LogP contribution in [-0.4, -0.2) is 32.6 Å². The highest BCUT2D eigenvalue weighted by atomic mass is 32.2. The normalized spacial score (nSPS) is 10.6. The molecule has 25 heavy (non-hydrogen) atoms. The van der Waals surface area contributed by atoms with Gasteiger partial charge in [0, 0.05) is 28.8 Å². The van der Waals surface area contributed by atoms with E-state index >= 15 is 0 Å². The molecule has 0 unspecified atom stereocenters. The van der Waals surface area contributed by atoms with E-state index in [1.54, 1.807) is 55.8 Å². The van der Waals surface area contributed by atoms with Crippen LogP contribution >= 0.6 is 34.4 Å². The van der Waals surface area contributed by atoms with Gasteiger partial charge in [-0.2, -0.15) is 0 Å². The smallest absolute Gasteiger partial charge is 0.203 e. The average Bonchev–Trinajstić information content (AvgIpc) is 3.29. The van der Waals surface area contributed by atoms with Crippen molar-refractivity contribution in [1.82, 2.24) is 4.98 Å². The van der Waals surface area contributed by atoms with Gasteiger partial charge in [-0.25, -0.2) is 4.98 Å². The molecule has 0 radical (unpaired) electrons. The van der Waals surface area contributed by atoms with Gasteiger partial charge in [0.05, 0.1) is 31.2 Å². The molecule has 0 aliphatic rings. The molecule has 8 heteroatoms. The topological polar surface area (TPSA) is 52.6 Å². The summed E-state index contributed by atoms with van der Waals surface area (Å²) in [5.74, 6) is 1.77. The maximum absolute atomic E-state index is 5.39. The van der Waals surface area contributed by atoms with Crippen molar-refractivity contribution in [2.75, 3.05) is 32.9 Å². The van der Waals surface area contributed by atoms with Crippen molar-refractivity contribution in [3.63, 3.8) is 0 Å². The minimum Gasteiger partial charge on any atom is -0.493 e. The molecule has 5 nitrogen and oxygen atoms in total. The van der Waals surface area contributed by atoms with Gasteiger partial charge in [0.2, 0.25) is 5.75 Å². The summed E-state index contributed by atoms with van der Waals surface area (Å²) in [6.07, 6.45) is 2.08. The highest BCUT2D eigenvalue weighted by molar-refractivity contribution is 8.00. The average molecular weight is 395 g/mol. The molecule has 1 N–H and O–H groups in total. The zero-order valence-corrected chi connectivity index (χ0v) is 16.7. The fraction of sp³-hybridized carbons (Fsp3) is 0.235. The number of thioether (sulfide) groups is 1. The molecule has 132 valence electrons. The van der Waals surface area contributed by atoms with E-state index in [1.807, 2.05) is 12.1 Å². The lowest BCUT2D eigenvalue weighted by molar-refractivity contribution is 0.324. The number of ether oxygens (including phenoxy) is 3. The van der Waals surface area contributed by atoms with Gasteiger partial charge in [-0.05, 0) is 17.7 Å². The summed E-state index contributed by atoms with van der Waals surface area (Å²) in [5.41, 5.74) is 2.98. The zero-order chi connectivity index (χ0) is 17.8. The van der Waals surface area contributed by atoms with Gasteiger partial charge in [-0.3, -0.25) is 0 Å². The largest absolute Gasteiger partial charge is 0.493 e. The molecular formula is C17H18N2O3S3. The summed E-state index contributed by atoms with van der Waals surface area (Å²) in [4.78, 5) is 4.70. The van der Waals surface area contributed by atoms with Crippen molar-refractivity contribution in [2.24, 2.45) is 0 Å². The first-order chi connectivity index (χ1) is 12.2. The van der Waals surface area contributed by atoms with E-state index < -0.39 is 0 Å². The first kappa shape index (κ1) is 17.9. The number of anilines is 2. The quantitative estimate of drug-likeness (QED) is 0.544. The SMILES string of the molecule is COc1cc(Nc2nc(-c3ccsc3SC)cs2)cc(OC)c1OC. The van der Waals surface area contributed by atoms with Crippen molar-refractivity contribution < 1.29 is 14.2 Å². The molecule has 0 atom stereocenters. The Labute approximate surface area is 159 Å². The monoisotopic (exact) mass is 394 g/mol. The number of aromatic nitrogens is 1. The first-order valence-corrected chi connectivity index (χ1v) is 10.3. The van der Waals surface area contributed by atoms with Crippen LogP contribution in [0, 0.1) is 0 Å². The Morgan fingerprint density at radius 1 is 1.04 bits per heavy atom. The second kappa shape index (κ2) is 7.99. The van der Waals surface area contributed by atoms with Crippen LogP contribution < -0.4 is 19.5 Å². The molecule has 1 aromatic carbocycles. The van der Waals surface area contributed by atoms with Gasteiger partial charge < -0.3 is 19.5 Å². The van der Waals surface area contributed by atoms with E-state index in [2.05, 4.69) is 28.4 Å². The summed E-state index contributed by atoms with van der Waals surface area (Å²) >= 11 is 5.03. The minimum atomic E-state index is 0.568. The fourth-order valence-electron chi connectivity index (χ4n) is 2.37. The first-order valence-electron chi connectivity index (χ1n) is 7.34. The highest BCUT2D eigenvalue weighted by Crippen LogP contribution is 2.41. The van der Waals surface area contributed by atoms with Gasteiger partial charge in [-0.15, -0.1) is 34.4 Å². The minimum absolute atomic E-state index is 0.568. The number of benzene rings is 1. The molecule has 0 fully saturated rings. The molecule has 0 bridgehead atoms. The molecule has 0 spiro atoms. The predicted molar refractivity (Wildman–Crippen MR) is 107 cm³/mol. The number of thiazole rings is 1. The van der Waals surface area contributed by atoms with E-state index in [1.165, 1.54) is 9.77 Å². The molecular weight excluding hydrogens is 376 g/mol. The molecule has 3 rings (SSSR count). The van der Waals surface area contributed by atoms with E-state index in [0.29, 0.717) is 17.2 Å². The van der Waals surface area contributed by atoms with E-state index in [-0.39, 0.29) is 0 Å². The second-order valence-corrected chi connectivity index (χ2v) is 7.75. The molecule has 0 saturated heterocycles. The van der Waals surface area contributed by atoms with Gasteiger partial charge in [0.25, 0.3) is 0 Å². The lowest BCUT2D eigenvalue weighted by Crippen LogP contribution is -1.97. The van der Waals surface area contributed by atoms with Crippen molar-refractivity contribution >= 4 is 45.3 Å². The Morgan fingerprint density at radius 3 is 2.36 bits per heavy atom. The lowest BCUT2D eigenvalue weighted by Gasteiger charge is -2.14. The van der Waals surface area contributed by atoms with Crippen LogP contribution in [0.3, 0.4) is 0 Å². The van der Waals surface area contributed by atoms with Crippen molar-refractivity contribution in [2.45, 2.75) is 4.21 Å². The Kier molecular flexibility index (Phi) is 5.72. The summed E-state index contributed by atoms with van der Waals surface area (Å²) in [7, 11) is 4.79. The van der Waals surface area contributed by atoms with Crippen LogP contribution in [-0.2, 0) is 0 Å². The van der Waals surface area contributed by atoms with Crippen LogP contribution in [0.15, 0.2) is 33.2 Å². The summed E-state index contributed by atoms with van der Waals surface area (Å²) < 4.78 is 17.4. The fourth-order valence-corrected chi connectivity index (χ4v) is 4.68. The van der Waals surface area contributed by atoms with Crippen molar-refractivity contribution in [3.05, 3.63) is 29.0 Å². The predicted octanol–water partition coefficient (Wildman–Crippen LogP) is 5.36. The number of nitrogens with one attached hydrogen (secondary N) is 1. The third-order valence-corrected chi connectivity index (χ3v) is 6.35. The number of hydrogen-bond acceptors (Lipinski definition) is 8. The van der Waals surface area contributed by atoms with Crippen LogP contribution in [0.2, 0.25) is 0 Å². The zero-order valence-electron chi connectivity index (χ0n) is 14.3. The maximum Gasteiger partial charge on any atom is 0.203 e. The third-order valence-electron chi connectivity index (χ3n) is 3.51. The Balaban J connectivity index is 1.88. The Bertz CT molecular complexity index is 835. The van der Waals surface area contributed by atoms with Crippen molar-refractivity contribution in [1.29, 1.82) is 0 Å². The number of hydrogen-bond donors (Lipinski definition) is 1. The van der Waals surface area contributed by atoms with Crippen molar-refractivity contribution in [3.8, 4) is 28.5 Å². The van der Waals surface area contributed by atoms with E-state index in [0.717, 1.165) is 16.5 Å². The number of nitrogens with zero attached hydrogens (tertiary/aromatic N) is 1. The highest BCUT2D eigenvalue weighted by Gasteiger charge is 2.15. The molecule has 0 aliphatic heterocycles. The number of rotatable bonds is 7. The Morgan fingerprint density at radius 2 is 1.76 bits per heavy atom. The molecule has 0 amide bonds. The van der Waals surface area contributed by atoms with Gasteiger partial charge in [0.1, 0.15) is 0 Å². The standard InChI is InChI=1S/C17H18N2O3S3/c1-20-13-7-10(8-14(21-2)15(13)22-3)18-17-19-12(9-25-17)11-5-6-24-16(11)23-4/h5-9H,1-4H3,(H,18,19). The maximum atomic E-state index is 5.39. The number of thiophene rings is 1. The van der Waals surface area contributed by atoms with Crippen LogP contribution in [0.5, 0.6) is 17.2 Å². The molecule has 0 saturated carbocycles. The van der Waals surface area contributed by atoms with Gasteiger partial charge in [-0.1, -0.05) is 0 Å². The van der Waals surface area contributed by atoms with Crippen LogP contribution in [0.4, 0.5) is 10.8 Å². The molecule has 3 aromatic rings. The lowest BCUT2D eigenvalue weighted by atomic mass is 10.2. The van der Waals surface area contributed by atoms with Gasteiger partial charge in [0.15, 0.2) is 16.6 Å². The van der Waals surface area contributed by atoms with Crippen LogP contribution in [0.25, 0.3) is 11.3 Å². The van der Waals surface area contributed by atoms with E-state index in [9.17, 15) is 0 Å². The molecule has 0 aliphatic carbocycles. The molecule has 2 heterocycles. The second-order valence-electron chi connectivity index (χ2n) is 4.90. The van der Waals surface area contributed by atoms with E-state index in [4.69, 9.17) is 19.2 Å². The third kappa shape index (κ3) is 3.70. The number of methoxy groups -OCH3 is 3. The van der Waals surface area contributed by atoms with Crippen LogP contribution in [0.1, 0.15) is 0 Å².